The van der Waals surface area contributed by atoms with Crippen LogP contribution in [0.5, 0.6) is 0 Å². The van der Waals surface area contributed by atoms with Gasteiger partial charge in [0.15, 0.2) is 12.4 Å². The number of anilines is 1. The summed E-state index contributed by atoms with van der Waals surface area (Å²) in [6.07, 6.45) is 0. The Balaban J connectivity index is 1.21. The van der Waals surface area contributed by atoms with E-state index in [1.165, 1.54) is 36.4 Å². The molecule has 0 aromatic heterocycles. The van der Waals surface area contributed by atoms with Crippen molar-refractivity contribution >= 4 is 50.9 Å². The zero-order chi connectivity index (χ0) is 30.0. The second-order valence-electron chi connectivity index (χ2n) is 10.7. The highest BCUT2D eigenvalue weighted by Gasteiger charge is 2.67. The minimum Gasteiger partial charge on any atom is -0.454 e. The highest BCUT2D eigenvalue weighted by molar-refractivity contribution is 9.09. The maximum atomic E-state index is 14.3. The van der Waals surface area contributed by atoms with Gasteiger partial charge < -0.3 is 4.74 Å². The molecule has 0 N–H and O–H groups in total. The number of esters is 1. The number of non-ortho nitro benzene ring substituents is 1. The molecule has 2 amide bonds. The van der Waals surface area contributed by atoms with Crippen LogP contribution in [0, 0.1) is 22.0 Å². The molecule has 9 nitrogen and oxygen atoms in total. The number of halogens is 1. The number of nitrogens with zero attached hydrogens (tertiary/aromatic N) is 2. The molecule has 0 saturated carbocycles. The fourth-order valence-electron chi connectivity index (χ4n) is 6.82. The summed E-state index contributed by atoms with van der Waals surface area (Å²) >= 11 is 3.96. The standard InChI is InChI=1S/C33H21BrN2O7/c34-33-23-10-4-1-7-20(23)27(21-8-2-5-11-24(21)33)28-29(33)31(39)35(30(28)38)25-12-6-3-9-22(25)32(40)43-17-26(37)18-13-15-19(16-14-18)36(41)42/h1-16,27-29H,17H2/t27?,28-,29-,33?/m0/s1. The number of carbonyl (C=O) groups excluding carboxylic acids is 4. The first kappa shape index (κ1) is 26.9. The molecule has 3 aliphatic carbocycles. The molecule has 1 heterocycles. The molecule has 1 fully saturated rings. The number of nitro benzene ring substituents is 1. The largest absolute Gasteiger partial charge is 0.454 e. The van der Waals surface area contributed by atoms with Crippen molar-refractivity contribution in [1.82, 2.24) is 0 Å². The minimum atomic E-state index is -0.937. The van der Waals surface area contributed by atoms with Crippen molar-refractivity contribution in [3.63, 3.8) is 0 Å². The van der Waals surface area contributed by atoms with E-state index >= 15 is 0 Å². The molecule has 4 aromatic carbocycles. The van der Waals surface area contributed by atoms with Crippen LogP contribution in [-0.2, 0) is 18.7 Å². The van der Waals surface area contributed by atoms with Gasteiger partial charge in [0, 0.05) is 23.6 Å². The summed E-state index contributed by atoms with van der Waals surface area (Å²) in [6.45, 7) is -0.630. The summed E-state index contributed by atoms with van der Waals surface area (Å²) in [7, 11) is 0. The Morgan fingerprint density at radius 2 is 1.42 bits per heavy atom. The van der Waals surface area contributed by atoms with Crippen LogP contribution < -0.4 is 4.90 Å². The molecule has 212 valence electrons. The SMILES string of the molecule is O=C(COC(=O)c1ccccc1N1C(=O)[C@@H]2[C@@H](C1=O)C1c3ccccc3C2(Br)c2ccccc21)c1ccc([N+](=O)[O-])cc1. The van der Waals surface area contributed by atoms with Gasteiger partial charge in [-0.1, -0.05) is 76.6 Å². The van der Waals surface area contributed by atoms with Crippen LogP contribution >= 0.6 is 15.9 Å². The molecule has 1 aliphatic heterocycles. The Labute approximate surface area is 253 Å². The number of carbonyl (C=O) groups is 4. The summed E-state index contributed by atoms with van der Waals surface area (Å²) in [6, 6.07) is 26.8. The zero-order valence-electron chi connectivity index (χ0n) is 22.3. The molecule has 2 bridgehead atoms. The molecule has 10 heteroatoms. The van der Waals surface area contributed by atoms with Gasteiger partial charge in [-0.25, -0.2) is 9.69 Å². The van der Waals surface area contributed by atoms with Gasteiger partial charge in [-0.15, -0.1) is 0 Å². The number of ketones is 1. The third kappa shape index (κ3) is 3.82. The normalized spacial score (nSPS) is 22.9. The lowest BCUT2D eigenvalue weighted by atomic mass is 9.55. The number of rotatable bonds is 6. The number of ether oxygens (including phenoxy) is 1. The maximum absolute atomic E-state index is 14.3. The first-order valence-electron chi connectivity index (χ1n) is 13.5. The molecular formula is C33H21BrN2O7. The average Bonchev–Trinajstić information content (AvgIpc) is 3.30. The van der Waals surface area contributed by atoms with Crippen molar-refractivity contribution in [1.29, 1.82) is 0 Å². The van der Waals surface area contributed by atoms with Gasteiger partial charge in [0.25, 0.3) is 5.69 Å². The van der Waals surface area contributed by atoms with Gasteiger partial charge in [0.2, 0.25) is 11.8 Å². The van der Waals surface area contributed by atoms with Crippen LogP contribution in [0.15, 0.2) is 97.1 Å². The molecular weight excluding hydrogens is 616 g/mol. The average molecular weight is 637 g/mol. The molecule has 4 aromatic rings. The fourth-order valence-corrected chi connectivity index (χ4v) is 8.02. The predicted octanol–water partition coefficient (Wildman–Crippen LogP) is 5.54. The lowest BCUT2D eigenvalue weighted by Gasteiger charge is -2.51. The van der Waals surface area contributed by atoms with Crippen molar-refractivity contribution in [2.45, 2.75) is 10.2 Å². The fraction of sp³-hybridized carbons (Fsp3) is 0.152. The van der Waals surface area contributed by atoms with Crippen LogP contribution in [0.25, 0.3) is 0 Å². The maximum Gasteiger partial charge on any atom is 0.340 e. The second kappa shape index (κ2) is 9.81. The van der Waals surface area contributed by atoms with E-state index in [1.54, 1.807) is 12.1 Å². The molecule has 0 unspecified atom stereocenters. The smallest absolute Gasteiger partial charge is 0.340 e. The Morgan fingerprint density at radius 1 is 0.837 bits per heavy atom. The Bertz CT molecular complexity index is 1840. The number of para-hydroxylation sites is 1. The zero-order valence-corrected chi connectivity index (χ0v) is 23.9. The van der Waals surface area contributed by atoms with E-state index in [-0.39, 0.29) is 28.4 Å². The summed E-state index contributed by atoms with van der Waals surface area (Å²) in [5.41, 5.74) is 3.87. The molecule has 4 aliphatic rings. The van der Waals surface area contributed by atoms with E-state index in [2.05, 4.69) is 15.9 Å². The highest BCUT2D eigenvalue weighted by Crippen LogP contribution is 2.66. The van der Waals surface area contributed by atoms with Crippen molar-refractivity contribution in [2.75, 3.05) is 11.5 Å². The van der Waals surface area contributed by atoms with E-state index < -0.39 is 51.3 Å². The van der Waals surface area contributed by atoms with Crippen molar-refractivity contribution in [3.05, 3.63) is 141 Å². The predicted molar refractivity (Wildman–Crippen MR) is 158 cm³/mol. The number of Topliss-reactive ketones (excluding diaryl/α,β-unsaturated/α-hetero) is 1. The topological polar surface area (TPSA) is 124 Å². The van der Waals surface area contributed by atoms with E-state index in [0.717, 1.165) is 27.2 Å². The van der Waals surface area contributed by atoms with Crippen LogP contribution in [0.2, 0.25) is 0 Å². The molecule has 8 rings (SSSR count). The Morgan fingerprint density at radius 3 is 2.05 bits per heavy atom. The number of alkyl halides is 1. The number of benzene rings is 4. The van der Waals surface area contributed by atoms with E-state index in [9.17, 15) is 29.3 Å². The molecule has 0 spiro atoms. The third-order valence-corrected chi connectivity index (χ3v) is 9.96. The van der Waals surface area contributed by atoms with Crippen molar-refractivity contribution in [3.8, 4) is 0 Å². The second-order valence-corrected chi connectivity index (χ2v) is 12.0. The molecule has 0 radical (unpaired) electrons. The van der Waals surface area contributed by atoms with Gasteiger partial charge in [0.05, 0.1) is 32.3 Å². The lowest BCUT2D eigenvalue weighted by Crippen LogP contribution is -2.50. The highest BCUT2D eigenvalue weighted by atomic mass is 79.9. The number of nitro groups is 1. The number of amides is 2. The van der Waals surface area contributed by atoms with Gasteiger partial charge in [-0.3, -0.25) is 24.5 Å². The first-order chi connectivity index (χ1) is 20.7. The summed E-state index contributed by atoms with van der Waals surface area (Å²) in [5, 5.41) is 10.9. The van der Waals surface area contributed by atoms with Crippen LogP contribution in [0.1, 0.15) is 48.9 Å². The lowest BCUT2D eigenvalue weighted by molar-refractivity contribution is -0.384. The monoisotopic (exact) mass is 636 g/mol. The third-order valence-electron chi connectivity index (χ3n) is 8.61. The molecule has 1 saturated heterocycles. The van der Waals surface area contributed by atoms with Crippen LogP contribution in [0.3, 0.4) is 0 Å². The quantitative estimate of drug-likeness (QED) is 0.0680. The molecule has 2 atom stereocenters. The van der Waals surface area contributed by atoms with Gasteiger partial charge in [0.1, 0.15) is 0 Å². The number of hydrogen-bond donors (Lipinski definition) is 0. The van der Waals surface area contributed by atoms with Gasteiger partial charge in [-0.05, 0) is 46.5 Å². The number of hydrogen-bond acceptors (Lipinski definition) is 7. The first-order valence-corrected chi connectivity index (χ1v) is 14.3. The Hall–Kier alpha value is -4.96. The van der Waals surface area contributed by atoms with Crippen LogP contribution in [-0.4, -0.2) is 35.1 Å². The van der Waals surface area contributed by atoms with E-state index in [0.29, 0.717) is 0 Å². The van der Waals surface area contributed by atoms with Crippen molar-refractivity contribution < 1.29 is 28.8 Å². The van der Waals surface area contributed by atoms with Crippen LogP contribution in [0.4, 0.5) is 11.4 Å². The van der Waals surface area contributed by atoms with E-state index in [1.807, 2.05) is 48.5 Å². The molecule has 43 heavy (non-hydrogen) atoms. The summed E-state index contributed by atoms with van der Waals surface area (Å²) in [5.74, 6) is -4.06. The Kier molecular flexibility index (Phi) is 6.14. The van der Waals surface area contributed by atoms with Gasteiger partial charge in [-0.2, -0.15) is 0 Å². The summed E-state index contributed by atoms with van der Waals surface area (Å²) < 4.78 is 4.37. The minimum absolute atomic E-state index is 0.0367. The van der Waals surface area contributed by atoms with Gasteiger partial charge >= 0.3 is 5.97 Å². The van der Waals surface area contributed by atoms with Crippen molar-refractivity contribution in [2.24, 2.45) is 11.8 Å². The number of imide groups is 1. The summed E-state index contributed by atoms with van der Waals surface area (Å²) in [4.78, 5) is 65.8. The van der Waals surface area contributed by atoms with E-state index in [4.69, 9.17) is 4.74 Å².